The van der Waals surface area contributed by atoms with Gasteiger partial charge in [-0.05, 0) is 19.4 Å². The Labute approximate surface area is 80.0 Å². The van der Waals surface area contributed by atoms with E-state index in [9.17, 15) is 0 Å². The molecule has 1 nitrogen and oxygen atoms in total. The molecule has 0 amide bonds. The molecule has 0 aliphatic heterocycles. The highest BCUT2D eigenvalue weighted by Crippen LogP contribution is 2.15. The Morgan fingerprint density at radius 1 is 1.23 bits per heavy atom. The molecule has 0 N–H and O–H groups in total. The Morgan fingerprint density at radius 2 is 1.92 bits per heavy atom. The summed E-state index contributed by atoms with van der Waals surface area (Å²) in [6.45, 7) is 4.84. The fourth-order valence-electron chi connectivity index (χ4n) is 1.20. The van der Waals surface area contributed by atoms with Crippen molar-refractivity contribution in [1.29, 1.82) is 0 Å². The maximum absolute atomic E-state index is 5.53. The largest absolute Gasteiger partial charge is 0.494 e. The van der Waals surface area contributed by atoms with Gasteiger partial charge in [0.25, 0.3) is 0 Å². The van der Waals surface area contributed by atoms with Crippen LogP contribution in [0.1, 0.15) is 25.8 Å². The zero-order valence-corrected chi connectivity index (χ0v) is 8.29. The molecule has 0 heterocycles. The Hall–Kier alpha value is -1.24. The van der Waals surface area contributed by atoms with E-state index in [4.69, 9.17) is 4.74 Å². The van der Waals surface area contributed by atoms with Crippen LogP contribution in [0.15, 0.2) is 36.4 Å². The molecule has 0 aliphatic rings. The lowest BCUT2D eigenvalue weighted by atomic mass is 10.1. The molecule has 13 heavy (non-hydrogen) atoms. The Bertz CT molecular complexity index is 262. The van der Waals surface area contributed by atoms with Crippen molar-refractivity contribution in [2.75, 3.05) is 6.61 Å². The molecule has 1 heteroatoms. The average molecular weight is 176 g/mol. The zero-order valence-electron chi connectivity index (χ0n) is 8.29. The molecule has 0 saturated carbocycles. The smallest absolute Gasteiger partial charge is 0.122 e. The van der Waals surface area contributed by atoms with Crippen LogP contribution in [0, 0.1) is 0 Å². The van der Waals surface area contributed by atoms with Crippen LogP contribution in [0.2, 0.25) is 0 Å². The number of hydrogen-bond acceptors (Lipinski definition) is 1. The summed E-state index contributed by atoms with van der Waals surface area (Å²) in [6, 6.07) is 10.2. The van der Waals surface area contributed by atoms with Gasteiger partial charge in [-0.1, -0.05) is 37.3 Å². The topological polar surface area (TPSA) is 9.23 Å². The summed E-state index contributed by atoms with van der Waals surface area (Å²) < 4.78 is 5.53. The molecule has 1 rings (SSSR count). The van der Waals surface area contributed by atoms with Crippen molar-refractivity contribution in [3.8, 4) is 0 Å². The lowest BCUT2D eigenvalue weighted by Crippen LogP contribution is -1.90. The van der Waals surface area contributed by atoms with E-state index < -0.39 is 0 Å². The molecule has 0 bridgehead atoms. The van der Waals surface area contributed by atoms with Crippen LogP contribution in [-0.4, -0.2) is 6.61 Å². The molecular formula is C12H16O. The molecule has 70 valence electrons. The van der Waals surface area contributed by atoms with E-state index in [0.29, 0.717) is 0 Å². The normalized spacial score (nSPS) is 11.4. The molecule has 0 aliphatic carbocycles. The van der Waals surface area contributed by atoms with E-state index >= 15 is 0 Å². The first kappa shape index (κ1) is 9.85. The lowest BCUT2D eigenvalue weighted by Gasteiger charge is -2.07. The minimum absolute atomic E-state index is 0.723. The van der Waals surface area contributed by atoms with Gasteiger partial charge >= 0.3 is 0 Å². The molecule has 0 atom stereocenters. The summed E-state index contributed by atoms with van der Waals surface area (Å²) in [4.78, 5) is 0. The van der Waals surface area contributed by atoms with Crippen LogP contribution in [-0.2, 0) is 4.74 Å². The molecule has 0 fully saturated rings. The van der Waals surface area contributed by atoms with Crippen LogP contribution in [0.5, 0.6) is 0 Å². The predicted molar refractivity (Wildman–Crippen MR) is 56.3 cm³/mol. The Balaban J connectivity index is 2.83. The van der Waals surface area contributed by atoms with Crippen LogP contribution in [0.3, 0.4) is 0 Å². The fraction of sp³-hybridized carbons (Fsp3) is 0.333. The maximum Gasteiger partial charge on any atom is 0.122 e. The molecule has 0 radical (unpaired) electrons. The zero-order chi connectivity index (χ0) is 9.52. The molecule has 1 aromatic rings. The molecule has 0 aromatic heterocycles. The van der Waals surface area contributed by atoms with E-state index in [1.54, 1.807) is 0 Å². The van der Waals surface area contributed by atoms with Gasteiger partial charge in [-0.25, -0.2) is 0 Å². The molecule has 0 unspecified atom stereocenters. The van der Waals surface area contributed by atoms with Crippen molar-refractivity contribution >= 4 is 5.76 Å². The highest BCUT2D eigenvalue weighted by atomic mass is 16.5. The lowest BCUT2D eigenvalue weighted by molar-refractivity contribution is 0.297. The van der Waals surface area contributed by atoms with E-state index in [1.165, 1.54) is 0 Å². The van der Waals surface area contributed by atoms with Gasteiger partial charge in [0.2, 0.25) is 0 Å². The first-order valence-electron chi connectivity index (χ1n) is 4.76. The van der Waals surface area contributed by atoms with Gasteiger partial charge in [0.05, 0.1) is 6.61 Å². The van der Waals surface area contributed by atoms with Gasteiger partial charge in [-0.3, -0.25) is 0 Å². The predicted octanol–water partition coefficient (Wildman–Crippen LogP) is 3.47. The summed E-state index contributed by atoms with van der Waals surface area (Å²) in [5, 5.41) is 0. The number of allylic oxidation sites excluding steroid dienone is 1. The SMILES string of the molecule is CCC=C(OCC)c1ccccc1. The van der Waals surface area contributed by atoms with Crippen LogP contribution in [0.25, 0.3) is 5.76 Å². The number of benzene rings is 1. The second-order valence-corrected chi connectivity index (χ2v) is 2.78. The second kappa shape index (κ2) is 5.41. The number of ether oxygens (including phenoxy) is 1. The monoisotopic (exact) mass is 176 g/mol. The Morgan fingerprint density at radius 3 is 2.46 bits per heavy atom. The van der Waals surface area contributed by atoms with Crippen LogP contribution >= 0.6 is 0 Å². The maximum atomic E-state index is 5.53. The van der Waals surface area contributed by atoms with Crippen molar-refractivity contribution in [1.82, 2.24) is 0 Å². The quantitative estimate of drug-likeness (QED) is 0.638. The van der Waals surface area contributed by atoms with Crippen molar-refractivity contribution < 1.29 is 4.74 Å². The second-order valence-electron chi connectivity index (χ2n) is 2.78. The molecule has 1 aromatic carbocycles. The standard InChI is InChI=1S/C12H16O/c1-3-8-12(13-4-2)11-9-6-5-7-10-11/h5-10H,3-4H2,1-2H3. The van der Waals surface area contributed by atoms with Crippen molar-refractivity contribution in [2.24, 2.45) is 0 Å². The minimum atomic E-state index is 0.723. The van der Waals surface area contributed by atoms with Crippen LogP contribution in [0.4, 0.5) is 0 Å². The third-order valence-electron chi connectivity index (χ3n) is 1.75. The average Bonchev–Trinajstić information content (AvgIpc) is 2.19. The van der Waals surface area contributed by atoms with E-state index in [0.717, 1.165) is 24.4 Å². The molecular weight excluding hydrogens is 160 g/mol. The van der Waals surface area contributed by atoms with Crippen molar-refractivity contribution in [2.45, 2.75) is 20.3 Å². The molecule has 0 spiro atoms. The number of rotatable bonds is 4. The first-order chi connectivity index (χ1) is 6.38. The third-order valence-corrected chi connectivity index (χ3v) is 1.75. The minimum Gasteiger partial charge on any atom is -0.494 e. The summed E-state index contributed by atoms with van der Waals surface area (Å²) in [5.41, 5.74) is 1.16. The highest BCUT2D eigenvalue weighted by molar-refractivity contribution is 5.59. The fourth-order valence-corrected chi connectivity index (χ4v) is 1.20. The Kier molecular flexibility index (Phi) is 4.10. The number of hydrogen-bond donors (Lipinski definition) is 0. The van der Waals surface area contributed by atoms with Gasteiger partial charge in [0.15, 0.2) is 0 Å². The summed E-state index contributed by atoms with van der Waals surface area (Å²) in [5.74, 6) is 0.991. The molecule has 0 saturated heterocycles. The van der Waals surface area contributed by atoms with Gasteiger partial charge in [-0.2, -0.15) is 0 Å². The summed E-state index contributed by atoms with van der Waals surface area (Å²) in [6.07, 6.45) is 3.11. The summed E-state index contributed by atoms with van der Waals surface area (Å²) in [7, 11) is 0. The van der Waals surface area contributed by atoms with E-state index in [-0.39, 0.29) is 0 Å². The van der Waals surface area contributed by atoms with E-state index in [2.05, 4.69) is 25.1 Å². The summed E-state index contributed by atoms with van der Waals surface area (Å²) >= 11 is 0. The van der Waals surface area contributed by atoms with Gasteiger partial charge in [-0.15, -0.1) is 0 Å². The van der Waals surface area contributed by atoms with Gasteiger partial charge in [0, 0.05) is 5.56 Å². The first-order valence-corrected chi connectivity index (χ1v) is 4.76. The van der Waals surface area contributed by atoms with E-state index in [1.807, 2.05) is 25.1 Å². The van der Waals surface area contributed by atoms with Crippen molar-refractivity contribution in [3.05, 3.63) is 42.0 Å². The van der Waals surface area contributed by atoms with Crippen molar-refractivity contribution in [3.63, 3.8) is 0 Å². The van der Waals surface area contributed by atoms with Gasteiger partial charge in [0.1, 0.15) is 5.76 Å². The van der Waals surface area contributed by atoms with Gasteiger partial charge < -0.3 is 4.74 Å². The highest BCUT2D eigenvalue weighted by Gasteiger charge is 1.98. The third kappa shape index (κ3) is 2.94. The van der Waals surface area contributed by atoms with Crippen LogP contribution < -0.4 is 0 Å².